The SMILES string of the molecule is CCC(C)NC1(C(=O)OC)CCC(C)(C)CC1C. The third-order valence-corrected chi connectivity index (χ3v) is 4.56. The first kappa shape index (κ1) is 15.5. The first-order valence-electron chi connectivity index (χ1n) is 7.13. The fourth-order valence-corrected chi connectivity index (χ4v) is 3.19. The minimum atomic E-state index is -0.486. The molecule has 106 valence electrons. The second-order valence-corrected chi connectivity index (χ2v) is 6.69. The Bertz CT molecular complexity index is 301. The second-order valence-electron chi connectivity index (χ2n) is 6.69. The molecule has 1 aliphatic carbocycles. The van der Waals surface area contributed by atoms with E-state index in [1.807, 2.05) is 0 Å². The van der Waals surface area contributed by atoms with E-state index in [0.29, 0.717) is 17.4 Å². The van der Waals surface area contributed by atoms with Crippen LogP contribution in [0.4, 0.5) is 0 Å². The van der Waals surface area contributed by atoms with Crippen molar-refractivity contribution in [1.82, 2.24) is 5.32 Å². The van der Waals surface area contributed by atoms with Crippen LogP contribution in [0.15, 0.2) is 0 Å². The molecule has 0 amide bonds. The van der Waals surface area contributed by atoms with Gasteiger partial charge in [0, 0.05) is 6.04 Å². The molecule has 3 heteroatoms. The van der Waals surface area contributed by atoms with Gasteiger partial charge in [-0.05, 0) is 43.9 Å². The zero-order valence-corrected chi connectivity index (χ0v) is 12.8. The maximum absolute atomic E-state index is 12.3. The average molecular weight is 255 g/mol. The molecule has 0 aliphatic heterocycles. The molecular weight excluding hydrogens is 226 g/mol. The molecule has 1 aliphatic rings. The molecular formula is C15H29NO2. The molecule has 0 heterocycles. The number of hydrogen-bond donors (Lipinski definition) is 1. The normalized spacial score (nSPS) is 32.9. The maximum atomic E-state index is 12.3. The summed E-state index contributed by atoms with van der Waals surface area (Å²) in [6.45, 7) is 11.0. The first-order chi connectivity index (χ1) is 8.27. The van der Waals surface area contributed by atoms with Gasteiger partial charge < -0.3 is 4.74 Å². The van der Waals surface area contributed by atoms with Gasteiger partial charge >= 0.3 is 5.97 Å². The van der Waals surface area contributed by atoms with E-state index < -0.39 is 5.54 Å². The molecule has 0 bridgehead atoms. The summed E-state index contributed by atoms with van der Waals surface area (Å²) in [5, 5.41) is 3.55. The number of esters is 1. The molecule has 18 heavy (non-hydrogen) atoms. The standard InChI is InChI=1S/C15H29NO2/c1-7-12(3)16-15(13(17)18-6)9-8-14(4,5)10-11(15)2/h11-12,16H,7-10H2,1-6H3. The third kappa shape index (κ3) is 3.05. The van der Waals surface area contributed by atoms with Crippen LogP contribution in [0.25, 0.3) is 0 Å². The monoisotopic (exact) mass is 255 g/mol. The molecule has 0 aromatic heterocycles. The Hall–Kier alpha value is -0.570. The summed E-state index contributed by atoms with van der Waals surface area (Å²) < 4.78 is 5.08. The average Bonchev–Trinajstić information content (AvgIpc) is 2.31. The number of carbonyl (C=O) groups is 1. The van der Waals surface area contributed by atoms with E-state index >= 15 is 0 Å². The third-order valence-electron chi connectivity index (χ3n) is 4.56. The molecule has 0 spiro atoms. The lowest BCUT2D eigenvalue weighted by atomic mass is 9.63. The van der Waals surface area contributed by atoms with Gasteiger partial charge in [-0.1, -0.05) is 27.7 Å². The highest BCUT2D eigenvalue weighted by Gasteiger charge is 2.50. The number of methoxy groups -OCH3 is 1. The number of rotatable bonds is 4. The topological polar surface area (TPSA) is 38.3 Å². The number of hydrogen-bond acceptors (Lipinski definition) is 3. The van der Waals surface area contributed by atoms with Crippen molar-refractivity contribution in [2.45, 2.75) is 71.9 Å². The number of carbonyl (C=O) groups excluding carboxylic acids is 1. The molecule has 3 atom stereocenters. The van der Waals surface area contributed by atoms with E-state index in [2.05, 4.69) is 39.9 Å². The van der Waals surface area contributed by atoms with Crippen molar-refractivity contribution in [3.05, 3.63) is 0 Å². The Balaban J connectivity index is 2.95. The lowest BCUT2D eigenvalue weighted by Crippen LogP contribution is -2.62. The highest BCUT2D eigenvalue weighted by Crippen LogP contribution is 2.44. The number of ether oxygens (including phenoxy) is 1. The van der Waals surface area contributed by atoms with Crippen LogP contribution < -0.4 is 5.32 Å². The Kier molecular flexibility index (Phi) is 4.82. The van der Waals surface area contributed by atoms with Gasteiger partial charge in [-0.25, -0.2) is 0 Å². The van der Waals surface area contributed by atoms with Gasteiger partial charge in [0.15, 0.2) is 0 Å². The van der Waals surface area contributed by atoms with Crippen molar-refractivity contribution in [3.8, 4) is 0 Å². The van der Waals surface area contributed by atoms with Crippen LogP contribution >= 0.6 is 0 Å². The van der Waals surface area contributed by atoms with Crippen LogP contribution in [0.2, 0.25) is 0 Å². The zero-order chi connectivity index (χ0) is 14.0. The summed E-state index contributed by atoms with van der Waals surface area (Å²) in [5.74, 6) is 0.216. The number of nitrogens with one attached hydrogen (secondary N) is 1. The van der Waals surface area contributed by atoms with Gasteiger partial charge in [0.1, 0.15) is 5.54 Å². The molecule has 1 N–H and O–H groups in total. The van der Waals surface area contributed by atoms with E-state index in [-0.39, 0.29) is 5.97 Å². The van der Waals surface area contributed by atoms with E-state index in [9.17, 15) is 4.79 Å². The molecule has 1 fully saturated rings. The van der Waals surface area contributed by atoms with E-state index in [1.165, 1.54) is 7.11 Å². The molecule has 3 unspecified atom stereocenters. The molecule has 0 aromatic rings. The summed E-state index contributed by atoms with van der Waals surface area (Å²) in [4.78, 5) is 12.3. The molecule has 0 radical (unpaired) electrons. The highest BCUT2D eigenvalue weighted by molar-refractivity contribution is 5.81. The van der Waals surface area contributed by atoms with Crippen molar-refractivity contribution in [3.63, 3.8) is 0 Å². The van der Waals surface area contributed by atoms with Crippen molar-refractivity contribution in [2.75, 3.05) is 7.11 Å². The van der Waals surface area contributed by atoms with E-state index in [1.54, 1.807) is 0 Å². The van der Waals surface area contributed by atoms with Crippen LogP contribution in [0.3, 0.4) is 0 Å². The van der Waals surface area contributed by atoms with Gasteiger partial charge in [0.25, 0.3) is 0 Å². The molecule has 1 saturated carbocycles. The minimum absolute atomic E-state index is 0.0919. The fourth-order valence-electron chi connectivity index (χ4n) is 3.19. The highest BCUT2D eigenvalue weighted by atomic mass is 16.5. The summed E-state index contributed by atoms with van der Waals surface area (Å²) in [7, 11) is 1.49. The van der Waals surface area contributed by atoms with Crippen molar-refractivity contribution in [2.24, 2.45) is 11.3 Å². The lowest BCUT2D eigenvalue weighted by molar-refractivity contribution is -0.155. The van der Waals surface area contributed by atoms with Gasteiger partial charge in [-0.2, -0.15) is 0 Å². The van der Waals surface area contributed by atoms with Crippen LogP contribution in [-0.2, 0) is 9.53 Å². The Labute approximate surface area is 112 Å². The molecule has 3 nitrogen and oxygen atoms in total. The fraction of sp³-hybridized carbons (Fsp3) is 0.933. The van der Waals surface area contributed by atoms with Gasteiger partial charge in [0.2, 0.25) is 0 Å². The first-order valence-corrected chi connectivity index (χ1v) is 7.13. The Morgan fingerprint density at radius 3 is 2.50 bits per heavy atom. The lowest BCUT2D eigenvalue weighted by Gasteiger charge is -2.48. The molecule has 0 aromatic carbocycles. The second kappa shape index (κ2) is 5.60. The minimum Gasteiger partial charge on any atom is -0.468 e. The molecule has 0 saturated heterocycles. The van der Waals surface area contributed by atoms with Crippen LogP contribution in [0.1, 0.15) is 60.3 Å². The largest absolute Gasteiger partial charge is 0.468 e. The Morgan fingerprint density at radius 2 is 2.06 bits per heavy atom. The Morgan fingerprint density at radius 1 is 1.44 bits per heavy atom. The van der Waals surface area contributed by atoms with Crippen LogP contribution in [0.5, 0.6) is 0 Å². The zero-order valence-electron chi connectivity index (χ0n) is 12.8. The van der Waals surface area contributed by atoms with Gasteiger partial charge in [-0.3, -0.25) is 10.1 Å². The van der Waals surface area contributed by atoms with E-state index in [4.69, 9.17) is 4.74 Å². The smallest absolute Gasteiger partial charge is 0.326 e. The van der Waals surface area contributed by atoms with Crippen LogP contribution in [0, 0.1) is 11.3 Å². The maximum Gasteiger partial charge on any atom is 0.326 e. The molecule has 1 rings (SSSR count). The van der Waals surface area contributed by atoms with Crippen molar-refractivity contribution in [1.29, 1.82) is 0 Å². The van der Waals surface area contributed by atoms with Crippen LogP contribution in [-0.4, -0.2) is 24.7 Å². The van der Waals surface area contributed by atoms with Gasteiger partial charge in [-0.15, -0.1) is 0 Å². The predicted molar refractivity (Wildman–Crippen MR) is 74.4 cm³/mol. The quantitative estimate of drug-likeness (QED) is 0.784. The van der Waals surface area contributed by atoms with Crippen molar-refractivity contribution >= 4 is 5.97 Å². The summed E-state index contributed by atoms with van der Waals surface area (Å²) in [6.07, 6.45) is 4.02. The van der Waals surface area contributed by atoms with Crippen molar-refractivity contribution < 1.29 is 9.53 Å². The summed E-state index contributed by atoms with van der Waals surface area (Å²) >= 11 is 0. The summed E-state index contributed by atoms with van der Waals surface area (Å²) in [5.41, 5.74) is -0.159. The predicted octanol–water partition coefficient (Wildman–Crippen LogP) is 3.13. The van der Waals surface area contributed by atoms with Gasteiger partial charge in [0.05, 0.1) is 7.11 Å². The summed E-state index contributed by atoms with van der Waals surface area (Å²) in [6, 6.07) is 0.341. The van der Waals surface area contributed by atoms with E-state index in [0.717, 1.165) is 25.7 Å².